The van der Waals surface area contributed by atoms with Crippen LogP contribution >= 0.6 is 11.3 Å². The van der Waals surface area contributed by atoms with Gasteiger partial charge in [-0.3, -0.25) is 0 Å². The zero-order chi connectivity index (χ0) is 18.3. The fraction of sp³-hybridized carbons (Fsp3) is 0.550. The second-order valence-electron chi connectivity index (χ2n) is 8.59. The van der Waals surface area contributed by atoms with Gasteiger partial charge in [-0.15, -0.1) is 0 Å². The second kappa shape index (κ2) is 6.49. The Hall–Kier alpha value is -1.39. The van der Waals surface area contributed by atoms with Gasteiger partial charge in [0.25, 0.3) is 0 Å². The standard InChI is InChI=1S/C20H29NO2S/c1-13-11-24-12-21(13)10-16(23)14-8-9-15(22)18(20(5,6)7)17(14)19(2,3)4/h8-9,11-12,16,23H,10H2,1-7H3/p+1. The SMILES string of the molecule is Cc1csc[n+]1CC(O)c1ccc(O)c(C(C)(C)C)c1C(C)(C)C. The van der Waals surface area contributed by atoms with E-state index in [1.165, 1.54) is 0 Å². The predicted octanol–water partition coefficient (Wildman–Crippen LogP) is 4.38. The molecule has 2 aromatic rings. The van der Waals surface area contributed by atoms with Crippen LogP contribution in [0.3, 0.4) is 0 Å². The molecule has 0 radical (unpaired) electrons. The van der Waals surface area contributed by atoms with E-state index in [2.05, 4.69) is 51.5 Å². The summed E-state index contributed by atoms with van der Waals surface area (Å²) < 4.78 is 2.07. The van der Waals surface area contributed by atoms with E-state index in [-0.39, 0.29) is 10.8 Å². The van der Waals surface area contributed by atoms with Gasteiger partial charge in [0.2, 0.25) is 5.51 Å². The summed E-state index contributed by atoms with van der Waals surface area (Å²) in [5, 5.41) is 23.5. The monoisotopic (exact) mass is 348 g/mol. The number of hydrogen-bond acceptors (Lipinski definition) is 3. The van der Waals surface area contributed by atoms with Crippen molar-refractivity contribution in [3.8, 4) is 5.75 Å². The van der Waals surface area contributed by atoms with E-state index in [0.29, 0.717) is 12.3 Å². The average Bonchev–Trinajstić information content (AvgIpc) is 2.81. The van der Waals surface area contributed by atoms with E-state index in [1.54, 1.807) is 17.4 Å². The van der Waals surface area contributed by atoms with Crippen LogP contribution < -0.4 is 4.57 Å². The highest BCUT2D eigenvalue weighted by atomic mass is 32.1. The highest BCUT2D eigenvalue weighted by molar-refractivity contribution is 7.07. The van der Waals surface area contributed by atoms with Crippen molar-refractivity contribution >= 4 is 11.3 Å². The lowest BCUT2D eigenvalue weighted by atomic mass is 9.72. The molecule has 3 nitrogen and oxygen atoms in total. The molecule has 0 bridgehead atoms. The first-order valence-corrected chi connectivity index (χ1v) is 9.34. The van der Waals surface area contributed by atoms with Gasteiger partial charge in [0.05, 0.1) is 5.38 Å². The number of aryl methyl sites for hydroxylation is 1. The van der Waals surface area contributed by atoms with E-state index >= 15 is 0 Å². The van der Waals surface area contributed by atoms with Gasteiger partial charge in [-0.25, -0.2) is 0 Å². The minimum atomic E-state index is -0.612. The molecule has 0 aliphatic rings. The fourth-order valence-electron chi connectivity index (χ4n) is 3.28. The van der Waals surface area contributed by atoms with Crippen LogP contribution in [0.25, 0.3) is 0 Å². The van der Waals surface area contributed by atoms with Crippen LogP contribution in [-0.2, 0) is 17.4 Å². The van der Waals surface area contributed by atoms with E-state index < -0.39 is 6.10 Å². The van der Waals surface area contributed by atoms with Gasteiger partial charge >= 0.3 is 0 Å². The summed E-state index contributed by atoms with van der Waals surface area (Å²) in [6, 6.07) is 3.59. The quantitative estimate of drug-likeness (QED) is 0.809. The minimum Gasteiger partial charge on any atom is -0.508 e. The summed E-state index contributed by atoms with van der Waals surface area (Å²) in [5.41, 5.74) is 5.68. The first-order chi connectivity index (χ1) is 10.9. The van der Waals surface area contributed by atoms with Gasteiger partial charge in [-0.2, -0.15) is 4.57 Å². The lowest BCUT2D eigenvalue weighted by Gasteiger charge is -2.33. The number of aromatic nitrogens is 1. The van der Waals surface area contributed by atoms with E-state index in [4.69, 9.17) is 0 Å². The van der Waals surface area contributed by atoms with Crippen molar-refractivity contribution in [2.45, 2.75) is 71.9 Å². The molecule has 0 saturated carbocycles. The van der Waals surface area contributed by atoms with Crippen LogP contribution in [-0.4, -0.2) is 10.2 Å². The van der Waals surface area contributed by atoms with Crippen LogP contribution in [0.4, 0.5) is 0 Å². The molecule has 1 aromatic carbocycles. The van der Waals surface area contributed by atoms with E-state index in [9.17, 15) is 10.2 Å². The summed E-state index contributed by atoms with van der Waals surface area (Å²) >= 11 is 1.63. The zero-order valence-electron chi connectivity index (χ0n) is 15.8. The number of phenols is 1. The Morgan fingerprint density at radius 3 is 2.08 bits per heavy atom. The molecule has 24 heavy (non-hydrogen) atoms. The Morgan fingerprint density at radius 2 is 1.62 bits per heavy atom. The largest absolute Gasteiger partial charge is 0.508 e. The molecule has 0 aliphatic heterocycles. The van der Waals surface area contributed by atoms with E-state index in [0.717, 1.165) is 22.4 Å². The van der Waals surface area contributed by atoms with Crippen molar-refractivity contribution in [2.24, 2.45) is 0 Å². The van der Waals surface area contributed by atoms with Crippen molar-refractivity contribution in [1.82, 2.24) is 0 Å². The maximum atomic E-state index is 10.9. The highest BCUT2D eigenvalue weighted by Gasteiger charge is 2.33. The molecule has 132 valence electrons. The van der Waals surface area contributed by atoms with Gasteiger partial charge in [0, 0.05) is 12.5 Å². The summed E-state index contributed by atoms with van der Waals surface area (Å²) in [4.78, 5) is 0. The van der Waals surface area contributed by atoms with Crippen LogP contribution in [0.2, 0.25) is 0 Å². The van der Waals surface area contributed by atoms with Gasteiger partial charge < -0.3 is 10.2 Å². The minimum absolute atomic E-state index is 0.175. The number of aliphatic hydroxyl groups is 1. The van der Waals surface area contributed by atoms with Crippen molar-refractivity contribution in [1.29, 1.82) is 0 Å². The normalized spacial score (nSPS) is 14.0. The molecule has 1 atom stereocenters. The molecular formula is C20H30NO2S+. The molecule has 0 fully saturated rings. The molecule has 1 unspecified atom stereocenters. The Bertz CT molecular complexity index is 720. The third kappa shape index (κ3) is 3.81. The molecule has 4 heteroatoms. The van der Waals surface area contributed by atoms with Gasteiger partial charge in [0.1, 0.15) is 11.9 Å². The topological polar surface area (TPSA) is 44.3 Å². The number of benzene rings is 1. The number of aromatic hydroxyl groups is 1. The maximum Gasteiger partial charge on any atom is 0.225 e. The Morgan fingerprint density at radius 1 is 1.04 bits per heavy atom. The molecule has 2 rings (SSSR count). The van der Waals surface area contributed by atoms with Gasteiger partial charge in [0.15, 0.2) is 12.2 Å². The summed E-state index contributed by atoms with van der Waals surface area (Å²) in [7, 11) is 0. The van der Waals surface area contributed by atoms with Crippen molar-refractivity contribution < 1.29 is 14.8 Å². The average molecular weight is 349 g/mol. The number of phenolic OH excluding ortho intramolecular Hbond substituents is 1. The molecule has 0 aliphatic carbocycles. The van der Waals surface area contributed by atoms with Crippen LogP contribution in [0, 0.1) is 6.92 Å². The Balaban J connectivity index is 2.60. The van der Waals surface area contributed by atoms with Crippen LogP contribution in [0.5, 0.6) is 5.75 Å². The lowest BCUT2D eigenvalue weighted by Crippen LogP contribution is -2.38. The first-order valence-electron chi connectivity index (χ1n) is 8.40. The van der Waals surface area contributed by atoms with E-state index in [1.807, 2.05) is 18.5 Å². The first kappa shape index (κ1) is 18.9. The van der Waals surface area contributed by atoms with Crippen molar-refractivity contribution in [2.75, 3.05) is 0 Å². The van der Waals surface area contributed by atoms with Gasteiger partial charge in [-0.05, 0) is 28.0 Å². The molecular weight excluding hydrogens is 318 g/mol. The summed E-state index contributed by atoms with van der Waals surface area (Å²) in [5.74, 6) is 0.308. The Labute approximate surface area is 149 Å². The molecule has 0 spiro atoms. The highest BCUT2D eigenvalue weighted by Crippen LogP contribution is 2.43. The predicted molar refractivity (Wildman–Crippen MR) is 99.7 cm³/mol. The number of aliphatic hydroxyl groups excluding tert-OH is 1. The smallest absolute Gasteiger partial charge is 0.225 e. The zero-order valence-corrected chi connectivity index (χ0v) is 16.7. The number of nitrogens with zero attached hydrogens (tertiary/aromatic N) is 1. The second-order valence-corrected chi connectivity index (χ2v) is 9.31. The Kier molecular flexibility index (Phi) is 5.12. The van der Waals surface area contributed by atoms with Crippen LogP contribution in [0.1, 0.15) is 70.0 Å². The number of thiazole rings is 1. The lowest BCUT2D eigenvalue weighted by molar-refractivity contribution is -0.705. The molecule has 1 aromatic heterocycles. The summed E-state index contributed by atoms with van der Waals surface area (Å²) in [6.45, 7) is 15.3. The molecule has 0 saturated heterocycles. The summed E-state index contributed by atoms with van der Waals surface area (Å²) in [6.07, 6.45) is -0.612. The maximum absolute atomic E-state index is 10.9. The van der Waals surface area contributed by atoms with Crippen molar-refractivity contribution in [3.05, 3.63) is 45.4 Å². The number of hydrogen-bond donors (Lipinski definition) is 2. The molecule has 2 N–H and O–H groups in total. The molecule has 0 amide bonds. The van der Waals surface area contributed by atoms with Crippen molar-refractivity contribution in [3.63, 3.8) is 0 Å². The third-order valence-electron chi connectivity index (χ3n) is 4.32. The molecule has 1 heterocycles. The fourth-order valence-corrected chi connectivity index (χ4v) is 4.07. The third-order valence-corrected chi connectivity index (χ3v) is 5.18. The van der Waals surface area contributed by atoms with Crippen LogP contribution in [0.15, 0.2) is 23.0 Å². The van der Waals surface area contributed by atoms with Gasteiger partial charge in [-0.1, -0.05) is 58.9 Å². The number of rotatable bonds is 3.